The molecule has 0 aliphatic carbocycles. The molecule has 1 heterocycles. The number of aromatic nitrogens is 1. The molecule has 0 radical (unpaired) electrons. The molecule has 0 fully saturated rings. The third-order valence-electron chi connectivity index (χ3n) is 1.54. The molecule has 1 rings (SSSR count). The summed E-state index contributed by atoms with van der Waals surface area (Å²) in [4.78, 5) is 5.94. The number of hydrogen-bond donors (Lipinski definition) is 0. The molecular formula is C8H13N3O. The summed E-state index contributed by atoms with van der Waals surface area (Å²) in [5.74, 6) is 0.584. The Bertz CT molecular complexity index is 288. The summed E-state index contributed by atoms with van der Waals surface area (Å²) in [5, 5.41) is 3.79. The van der Waals surface area contributed by atoms with E-state index in [-0.39, 0.29) is 0 Å². The van der Waals surface area contributed by atoms with Crippen LogP contribution in [0.1, 0.15) is 11.3 Å². The number of hydrogen-bond acceptors (Lipinski definition) is 3. The highest BCUT2D eigenvalue weighted by Gasteiger charge is 2.04. The molecule has 0 saturated carbocycles. The maximum absolute atomic E-state index is 4.97. The van der Waals surface area contributed by atoms with Gasteiger partial charge in [-0.1, -0.05) is 5.16 Å². The third kappa shape index (κ3) is 1.84. The second-order valence-corrected chi connectivity index (χ2v) is 2.91. The minimum Gasteiger partial charge on any atom is -0.369 e. The average Bonchev–Trinajstić information content (AvgIpc) is 2.30. The van der Waals surface area contributed by atoms with Gasteiger partial charge in [0.25, 0.3) is 5.88 Å². The summed E-state index contributed by atoms with van der Waals surface area (Å²) >= 11 is 0. The first-order valence-electron chi connectivity index (χ1n) is 3.74. The predicted octanol–water partition coefficient (Wildman–Crippen LogP) is 1.51. The average molecular weight is 167 g/mol. The quantitative estimate of drug-likeness (QED) is 0.495. The Morgan fingerprint density at radius 1 is 1.42 bits per heavy atom. The van der Waals surface area contributed by atoms with Gasteiger partial charge in [0.15, 0.2) is 0 Å². The number of aliphatic imine (C=N–C) groups is 1. The van der Waals surface area contributed by atoms with Crippen LogP contribution < -0.4 is 0 Å². The molecule has 4 nitrogen and oxygen atoms in total. The maximum atomic E-state index is 4.97. The van der Waals surface area contributed by atoms with Gasteiger partial charge in [-0.25, -0.2) is 4.99 Å². The van der Waals surface area contributed by atoms with Crippen molar-refractivity contribution < 1.29 is 4.52 Å². The van der Waals surface area contributed by atoms with E-state index in [1.165, 1.54) is 0 Å². The van der Waals surface area contributed by atoms with Gasteiger partial charge in [-0.2, -0.15) is 0 Å². The van der Waals surface area contributed by atoms with Crippen molar-refractivity contribution in [1.82, 2.24) is 10.1 Å². The zero-order valence-electron chi connectivity index (χ0n) is 7.83. The number of aryl methyl sites for hydroxylation is 1. The SMILES string of the molecule is Cc1noc(N=CN(C)C)c1C. The highest BCUT2D eigenvalue weighted by Crippen LogP contribution is 2.19. The molecule has 0 atom stereocenters. The molecule has 0 amide bonds. The molecule has 0 bridgehead atoms. The maximum Gasteiger partial charge on any atom is 0.254 e. The Labute approximate surface area is 71.9 Å². The van der Waals surface area contributed by atoms with E-state index in [9.17, 15) is 0 Å². The molecule has 0 N–H and O–H groups in total. The summed E-state index contributed by atoms with van der Waals surface area (Å²) < 4.78 is 4.97. The second-order valence-electron chi connectivity index (χ2n) is 2.91. The smallest absolute Gasteiger partial charge is 0.254 e. The predicted molar refractivity (Wildman–Crippen MR) is 47.8 cm³/mol. The zero-order valence-corrected chi connectivity index (χ0v) is 7.83. The van der Waals surface area contributed by atoms with Gasteiger partial charge in [0.05, 0.1) is 12.0 Å². The zero-order chi connectivity index (χ0) is 9.14. The van der Waals surface area contributed by atoms with Crippen molar-refractivity contribution in [2.45, 2.75) is 13.8 Å². The Morgan fingerprint density at radius 2 is 2.08 bits per heavy atom. The van der Waals surface area contributed by atoms with Crippen LogP contribution in [0.25, 0.3) is 0 Å². The van der Waals surface area contributed by atoms with Gasteiger partial charge < -0.3 is 9.42 Å². The van der Waals surface area contributed by atoms with Crippen molar-refractivity contribution in [1.29, 1.82) is 0 Å². The first kappa shape index (κ1) is 8.77. The molecule has 0 aromatic carbocycles. The van der Waals surface area contributed by atoms with Crippen LogP contribution in [-0.4, -0.2) is 30.5 Å². The van der Waals surface area contributed by atoms with Gasteiger partial charge in [-0.15, -0.1) is 0 Å². The van der Waals surface area contributed by atoms with Crippen molar-refractivity contribution >= 4 is 12.2 Å². The van der Waals surface area contributed by atoms with Crippen LogP contribution in [-0.2, 0) is 0 Å². The van der Waals surface area contributed by atoms with E-state index >= 15 is 0 Å². The fourth-order valence-corrected chi connectivity index (χ4v) is 0.692. The molecule has 1 aromatic rings. The lowest BCUT2D eigenvalue weighted by Crippen LogP contribution is -2.06. The Morgan fingerprint density at radius 3 is 2.50 bits per heavy atom. The topological polar surface area (TPSA) is 41.6 Å². The summed E-state index contributed by atoms with van der Waals surface area (Å²) in [7, 11) is 3.81. The van der Waals surface area contributed by atoms with Gasteiger partial charge in [0.1, 0.15) is 0 Å². The lowest BCUT2D eigenvalue weighted by atomic mass is 10.3. The van der Waals surface area contributed by atoms with Crippen LogP contribution in [0.5, 0.6) is 0 Å². The molecule has 4 heteroatoms. The first-order chi connectivity index (χ1) is 5.61. The number of nitrogens with zero attached hydrogens (tertiary/aromatic N) is 3. The summed E-state index contributed by atoms with van der Waals surface area (Å²) in [5.41, 5.74) is 1.88. The molecule has 66 valence electrons. The van der Waals surface area contributed by atoms with Crippen LogP contribution in [0.2, 0.25) is 0 Å². The van der Waals surface area contributed by atoms with E-state index in [2.05, 4.69) is 10.1 Å². The van der Waals surface area contributed by atoms with E-state index in [0.29, 0.717) is 5.88 Å². The molecule has 0 saturated heterocycles. The third-order valence-corrected chi connectivity index (χ3v) is 1.54. The van der Waals surface area contributed by atoms with E-state index in [4.69, 9.17) is 4.52 Å². The Hall–Kier alpha value is -1.32. The van der Waals surface area contributed by atoms with Crippen molar-refractivity contribution in [3.8, 4) is 0 Å². The molecular weight excluding hydrogens is 154 g/mol. The molecule has 0 aliphatic heterocycles. The van der Waals surface area contributed by atoms with E-state index in [0.717, 1.165) is 11.3 Å². The van der Waals surface area contributed by atoms with E-state index in [1.807, 2.05) is 32.8 Å². The monoisotopic (exact) mass is 167 g/mol. The minimum atomic E-state index is 0.584. The normalized spacial score (nSPS) is 11.0. The van der Waals surface area contributed by atoms with E-state index in [1.54, 1.807) is 6.34 Å². The summed E-state index contributed by atoms with van der Waals surface area (Å²) in [6.07, 6.45) is 1.69. The molecule has 0 spiro atoms. The van der Waals surface area contributed by atoms with E-state index < -0.39 is 0 Å². The molecule has 12 heavy (non-hydrogen) atoms. The first-order valence-corrected chi connectivity index (χ1v) is 3.74. The highest BCUT2D eigenvalue weighted by molar-refractivity contribution is 5.59. The van der Waals surface area contributed by atoms with Gasteiger partial charge in [0, 0.05) is 19.7 Å². The lowest BCUT2D eigenvalue weighted by Gasteiger charge is -2.00. The van der Waals surface area contributed by atoms with Gasteiger partial charge in [0.2, 0.25) is 0 Å². The second kappa shape index (κ2) is 3.38. The molecule has 0 unspecified atom stereocenters. The molecule has 0 aliphatic rings. The largest absolute Gasteiger partial charge is 0.369 e. The van der Waals surface area contributed by atoms with Crippen LogP contribution in [0.15, 0.2) is 9.52 Å². The van der Waals surface area contributed by atoms with Crippen LogP contribution in [0.3, 0.4) is 0 Å². The van der Waals surface area contributed by atoms with Crippen LogP contribution in [0, 0.1) is 13.8 Å². The van der Waals surface area contributed by atoms with Crippen LogP contribution in [0.4, 0.5) is 5.88 Å². The Balaban J connectivity index is 2.83. The fraction of sp³-hybridized carbons (Fsp3) is 0.500. The number of rotatable bonds is 2. The van der Waals surface area contributed by atoms with Gasteiger partial charge in [-0.05, 0) is 13.8 Å². The van der Waals surface area contributed by atoms with Crippen molar-refractivity contribution in [2.75, 3.05) is 14.1 Å². The summed E-state index contributed by atoms with van der Waals surface area (Å²) in [6, 6.07) is 0. The van der Waals surface area contributed by atoms with Gasteiger partial charge in [-0.3, -0.25) is 0 Å². The molecule has 1 aromatic heterocycles. The summed E-state index contributed by atoms with van der Waals surface area (Å²) in [6.45, 7) is 3.84. The minimum absolute atomic E-state index is 0.584. The van der Waals surface area contributed by atoms with Gasteiger partial charge >= 0.3 is 0 Å². The lowest BCUT2D eigenvalue weighted by molar-refractivity contribution is 0.424. The van der Waals surface area contributed by atoms with Crippen molar-refractivity contribution in [3.63, 3.8) is 0 Å². The van der Waals surface area contributed by atoms with Crippen molar-refractivity contribution in [3.05, 3.63) is 11.3 Å². The van der Waals surface area contributed by atoms with Crippen LogP contribution >= 0.6 is 0 Å². The fourth-order valence-electron chi connectivity index (χ4n) is 0.692. The standard InChI is InChI=1S/C8H13N3O/c1-6-7(2)10-12-8(6)9-5-11(3)4/h5H,1-4H3. The van der Waals surface area contributed by atoms with Crippen molar-refractivity contribution in [2.24, 2.45) is 4.99 Å². The highest BCUT2D eigenvalue weighted by atomic mass is 16.5. The Kier molecular flexibility index (Phi) is 2.47.